The predicted octanol–water partition coefficient (Wildman–Crippen LogP) is 5.83. The summed E-state index contributed by atoms with van der Waals surface area (Å²) in [7, 11) is 0. The Labute approximate surface area is 275 Å². The summed E-state index contributed by atoms with van der Waals surface area (Å²) in [5, 5.41) is 12.6. The van der Waals surface area contributed by atoms with Gasteiger partial charge in [0.2, 0.25) is 11.8 Å². The van der Waals surface area contributed by atoms with Crippen molar-refractivity contribution in [2.75, 3.05) is 24.6 Å². The van der Waals surface area contributed by atoms with E-state index in [1.807, 2.05) is 79.7 Å². The third kappa shape index (κ3) is 5.16. The fourth-order valence-electron chi connectivity index (χ4n) is 8.16. The maximum atomic E-state index is 15.0. The highest BCUT2D eigenvalue weighted by molar-refractivity contribution is 8.02. The molecule has 3 aliphatic rings. The number of anilines is 1. The first-order valence-corrected chi connectivity index (χ1v) is 17.0. The number of fused-ring (bicyclic) bond motifs is 2. The molecule has 0 aromatic heterocycles. The summed E-state index contributed by atoms with van der Waals surface area (Å²) in [4.78, 5) is 49.6. The standard InChI is InChI=1S/C38H43N3O4S/c1-5-21-39(24-26-13-9-8-10-14-26)34(43)31-32-35(44)41(29(7-3)25-42)33(38(32)20-19-37(31,4)46-38)36(45)40(22-6-2)30-18-17-27-15-11-12-16-28(27)23-30/h5-6,8-18,23,29,31-33,42H,1-2,7,19-22,24-25H2,3-4H3/t29-,31-,32-,33?,37+,38?/m0/s1. The highest BCUT2D eigenvalue weighted by Gasteiger charge is 2.78. The van der Waals surface area contributed by atoms with E-state index in [2.05, 4.69) is 20.1 Å². The van der Waals surface area contributed by atoms with Crippen molar-refractivity contribution in [2.45, 2.75) is 61.2 Å². The Morgan fingerprint density at radius 1 is 1.00 bits per heavy atom. The second kappa shape index (κ2) is 12.7. The predicted molar refractivity (Wildman–Crippen MR) is 185 cm³/mol. The summed E-state index contributed by atoms with van der Waals surface area (Å²) in [5.41, 5.74) is 1.73. The Balaban J connectivity index is 1.43. The second-order valence-electron chi connectivity index (χ2n) is 13.0. The van der Waals surface area contributed by atoms with Gasteiger partial charge in [0, 0.05) is 30.1 Å². The van der Waals surface area contributed by atoms with Crippen molar-refractivity contribution in [3.8, 4) is 0 Å². The van der Waals surface area contributed by atoms with Crippen LogP contribution >= 0.6 is 11.8 Å². The van der Waals surface area contributed by atoms with Gasteiger partial charge in [-0.25, -0.2) is 0 Å². The lowest BCUT2D eigenvalue weighted by Crippen LogP contribution is -2.57. The lowest BCUT2D eigenvalue weighted by molar-refractivity contribution is -0.146. The third-order valence-electron chi connectivity index (χ3n) is 10.3. The zero-order chi connectivity index (χ0) is 32.6. The molecule has 8 heteroatoms. The summed E-state index contributed by atoms with van der Waals surface area (Å²) >= 11 is 1.65. The van der Waals surface area contributed by atoms with Crippen LogP contribution < -0.4 is 4.90 Å². The monoisotopic (exact) mass is 637 g/mol. The number of hydrogen-bond acceptors (Lipinski definition) is 5. The molecule has 0 aliphatic carbocycles. The number of amides is 3. The van der Waals surface area contributed by atoms with Gasteiger partial charge in [-0.1, -0.05) is 79.7 Å². The molecule has 7 nitrogen and oxygen atoms in total. The molecule has 1 N–H and O–H groups in total. The summed E-state index contributed by atoms with van der Waals surface area (Å²) in [5.74, 6) is -1.77. The molecule has 3 aliphatic heterocycles. The molecule has 46 heavy (non-hydrogen) atoms. The van der Waals surface area contributed by atoms with Crippen LogP contribution in [-0.4, -0.2) is 73.9 Å². The van der Waals surface area contributed by atoms with Gasteiger partial charge in [-0.2, -0.15) is 0 Å². The van der Waals surface area contributed by atoms with Crippen molar-refractivity contribution < 1.29 is 19.5 Å². The molecule has 3 fully saturated rings. The van der Waals surface area contributed by atoms with Crippen molar-refractivity contribution in [2.24, 2.45) is 11.8 Å². The third-order valence-corrected chi connectivity index (χ3v) is 12.3. The Morgan fingerprint density at radius 3 is 2.37 bits per heavy atom. The van der Waals surface area contributed by atoms with E-state index in [-0.39, 0.29) is 30.9 Å². The lowest BCUT2D eigenvalue weighted by atomic mass is 9.66. The lowest BCUT2D eigenvalue weighted by Gasteiger charge is -2.39. The van der Waals surface area contributed by atoms with E-state index in [4.69, 9.17) is 0 Å². The summed E-state index contributed by atoms with van der Waals surface area (Å²) < 4.78 is -1.31. The molecule has 6 atom stereocenters. The normalized spacial score (nSPS) is 27.0. The van der Waals surface area contributed by atoms with E-state index in [0.29, 0.717) is 25.9 Å². The summed E-state index contributed by atoms with van der Waals surface area (Å²) in [6, 6.07) is 22.4. The Hall–Kier alpha value is -3.88. The molecular formula is C38H43N3O4S. The molecule has 240 valence electrons. The minimum absolute atomic E-state index is 0.0822. The Morgan fingerprint density at radius 2 is 1.70 bits per heavy atom. The first-order valence-electron chi connectivity index (χ1n) is 16.2. The Kier molecular flexibility index (Phi) is 8.87. The Bertz CT molecular complexity index is 1660. The van der Waals surface area contributed by atoms with E-state index in [0.717, 1.165) is 28.4 Å². The van der Waals surface area contributed by atoms with E-state index in [9.17, 15) is 14.7 Å². The van der Waals surface area contributed by atoms with Crippen LogP contribution in [0.3, 0.4) is 0 Å². The molecule has 3 amide bonds. The maximum absolute atomic E-state index is 15.0. The largest absolute Gasteiger partial charge is 0.394 e. The van der Waals surface area contributed by atoms with E-state index in [1.165, 1.54) is 0 Å². The van der Waals surface area contributed by atoms with Gasteiger partial charge in [0.05, 0.1) is 29.2 Å². The van der Waals surface area contributed by atoms with Crippen LogP contribution in [0.5, 0.6) is 0 Å². The first kappa shape index (κ1) is 32.1. The minimum atomic E-state index is -0.833. The van der Waals surface area contributed by atoms with Crippen molar-refractivity contribution in [3.05, 3.63) is 104 Å². The number of benzene rings is 3. The van der Waals surface area contributed by atoms with Crippen molar-refractivity contribution in [1.82, 2.24) is 9.80 Å². The van der Waals surface area contributed by atoms with Gasteiger partial charge < -0.3 is 19.8 Å². The topological polar surface area (TPSA) is 81.2 Å². The van der Waals surface area contributed by atoms with Gasteiger partial charge in [0.1, 0.15) is 6.04 Å². The molecule has 3 saturated heterocycles. The van der Waals surface area contributed by atoms with Crippen LogP contribution in [0, 0.1) is 11.8 Å². The van der Waals surface area contributed by atoms with Gasteiger partial charge in [-0.05, 0) is 54.7 Å². The van der Waals surface area contributed by atoms with Crippen molar-refractivity contribution in [1.29, 1.82) is 0 Å². The van der Waals surface area contributed by atoms with Gasteiger partial charge in [-0.15, -0.1) is 24.9 Å². The zero-order valence-electron chi connectivity index (χ0n) is 26.7. The maximum Gasteiger partial charge on any atom is 0.251 e. The average Bonchev–Trinajstić information content (AvgIpc) is 3.64. The number of nitrogens with zero attached hydrogens (tertiary/aromatic N) is 3. The van der Waals surface area contributed by atoms with Crippen LogP contribution in [0.15, 0.2) is 98.1 Å². The molecular weight excluding hydrogens is 595 g/mol. The number of hydrogen-bond donors (Lipinski definition) is 1. The molecule has 2 bridgehead atoms. The molecule has 3 aromatic carbocycles. The van der Waals surface area contributed by atoms with Crippen LogP contribution in [0.4, 0.5) is 5.69 Å². The highest BCUT2D eigenvalue weighted by Crippen LogP contribution is 2.72. The summed E-state index contributed by atoms with van der Waals surface area (Å²) in [6.45, 7) is 12.6. The number of likely N-dealkylation sites (tertiary alicyclic amines) is 1. The zero-order valence-corrected chi connectivity index (χ0v) is 27.5. The van der Waals surface area contributed by atoms with Crippen LogP contribution in [0.1, 0.15) is 38.7 Å². The minimum Gasteiger partial charge on any atom is -0.394 e. The van der Waals surface area contributed by atoms with Crippen LogP contribution in [0.2, 0.25) is 0 Å². The molecule has 2 unspecified atom stereocenters. The average molecular weight is 638 g/mol. The SMILES string of the molecule is C=CCN(Cc1ccccc1)C(=O)[C@@H]1[C@H]2C(=O)N([C@@H](CC)CO)C(C(=O)N(CC=C)c3ccc4ccccc4c3)C23CC[C@@]1(C)S3. The van der Waals surface area contributed by atoms with Gasteiger partial charge in [-0.3, -0.25) is 14.4 Å². The number of rotatable bonds is 12. The molecule has 1 spiro atoms. The molecule has 0 radical (unpaired) electrons. The number of carbonyl (C=O) groups excluding carboxylic acids is 3. The van der Waals surface area contributed by atoms with Crippen molar-refractivity contribution >= 4 is 45.9 Å². The second-order valence-corrected chi connectivity index (χ2v) is 14.9. The molecule has 3 heterocycles. The fraction of sp³-hybridized carbons (Fsp3) is 0.395. The molecule has 6 rings (SSSR count). The van der Waals surface area contributed by atoms with E-state index in [1.54, 1.807) is 38.6 Å². The van der Waals surface area contributed by atoms with Crippen LogP contribution in [-0.2, 0) is 20.9 Å². The fourth-order valence-corrected chi connectivity index (χ4v) is 10.5. The number of aliphatic hydroxyl groups excluding tert-OH is 1. The van der Waals surface area contributed by atoms with Gasteiger partial charge in [0.15, 0.2) is 0 Å². The summed E-state index contributed by atoms with van der Waals surface area (Å²) in [6.07, 6.45) is 5.28. The highest BCUT2D eigenvalue weighted by atomic mass is 32.2. The van der Waals surface area contributed by atoms with Crippen molar-refractivity contribution in [3.63, 3.8) is 0 Å². The molecule has 3 aromatic rings. The first-order chi connectivity index (χ1) is 22.2. The number of thioether (sulfide) groups is 1. The smallest absolute Gasteiger partial charge is 0.251 e. The number of aliphatic hydroxyl groups is 1. The van der Waals surface area contributed by atoms with Gasteiger partial charge >= 0.3 is 0 Å². The van der Waals surface area contributed by atoms with Gasteiger partial charge in [0.25, 0.3) is 5.91 Å². The molecule has 0 saturated carbocycles. The number of carbonyl (C=O) groups is 3. The van der Waals surface area contributed by atoms with E-state index >= 15 is 4.79 Å². The van der Waals surface area contributed by atoms with Crippen LogP contribution in [0.25, 0.3) is 10.8 Å². The quantitative estimate of drug-likeness (QED) is 0.253. The van der Waals surface area contributed by atoms with E-state index < -0.39 is 33.4 Å².